The van der Waals surface area contributed by atoms with Gasteiger partial charge in [0.05, 0.1) is 5.92 Å². The second kappa shape index (κ2) is 5.93. The molecule has 0 fully saturated rings. The Labute approximate surface area is 124 Å². The highest BCUT2D eigenvalue weighted by Gasteiger charge is 2.24. The topological polar surface area (TPSA) is 64.9 Å². The molecule has 0 aliphatic carbocycles. The maximum Gasteiger partial charge on any atom is 0.231 e. The van der Waals surface area contributed by atoms with E-state index in [1.54, 1.807) is 0 Å². The first kappa shape index (κ1) is 15.6. The number of hydrogen-bond acceptors (Lipinski definition) is 4. The molecule has 0 radical (unpaired) electrons. The zero-order chi connectivity index (χ0) is 15.6. The molecule has 1 unspecified atom stereocenters. The molecular formula is C16H22FN3O. The molecule has 2 rings (SSSR count). The summed E-state index contributed by atoms with van der Waals surface area (Å²) in [5, 5.41) is 3.96. The highest BCUT2D eigenvalue weighted by molar-refractivity contribution is 5.55. The number of aromatic nitrogens is 2. The van der Waals surface area contributed by atoms with Crippen LogP contribution in [0, 0.1) is 18.2 Å². The molecule has 5 heteroatoms. The third-order valence-electron chi connectivity index (χ3n) is 3.23. The van der Waals surface area contributed by atoms with E-state index >= 15 is 0 Å². The van der Waals surface area contributed by atoms with Crippen molar-refractivity contribution >= 4 is 0 Å². The van der Waals surface area contributed by atoms with E-state index in [2.05, 4.69) is 30.9 Å². The Morgan fingerprint density at radius 1 is 1.29 bits per heavy atom. The Bertz CT molecular complexity index is 596. The van der Waals surface area contributed by atoms with Gasteiger partial charge >= 0.3 is 0 Å². The quantitative estimate of drug-likeness (QED) is 0.933. The number of rotatable bonds is 4. The van der Waals surface area contributed by atoms with Crippen LogP contribution in [-0.2, 0) is 0 Å². The van der Waals surface area contributed by atoms with Gasteiger partial charge in [-0.3, -0.25) is 0 Å². The van der Waals surface area contributed by atoms with Crippen LogP contribution in [0.25, 0.3) is 11.4 Å². The minimum atomic E-state index is -0.304. The Hall–Kier alpha value is -1.75. The lowest BCUT2D eigenvalue weighted by molar-refractivity contribution is 0.287. The van der Waals surface area contributed by atoms with Crippen molar-refractivity contribution in [2.24, 2.45) is 11.1 Å². The molecule has 0 aliphatic rings. The summed E-state index contributed by atoms with van der Waals surface area (Å²) >= 11 is 0. The van der Waals surface area contributed by atoms with E-state index in [-0.39, 0.29) is 17.2 Å². The highest BCUT2D eigenvalue weighted by Crippen LogP contribution is 2.30. The Morgan fingerprint density at radius 3 is 2.57 bits per heavy atom. The van der Waals surface area contributed by atoms with Gasteiger partial charge in [0.1, 0.15) is 5.82 Å². The molecule has 0 spiro atoms. The smallest absolute Gasteiger partial charge is 0.231 e. The standard InChI is InChI=1S/C16H22FN3O/c1-10-5-11(7-13(17)6-10)14-19-15(21-20-14)12(9-18)8-16(2,3)4/h5-7,12H,8-9,18H2,1-4H3. The van der Waals surface area contributed by atoms with E-state index in [1.165, 1.54) is 12.1 Å². The van der Waals surface area contributed by atoms with E-state index in [0.29, 0.717) is 23.8 Å². The molecule has 1 aromatic heterocycles. The minimum absolute atomic E-state index is 0.0147. The maximum absolute atomic E-state index is 13.5. The second-order valence-electron chi connectivity index (χ2n) is 6.67. The van der Waals surface area contributed by atoms with Crippen molar-refractivity contribution < 1.29 is 8.91 Å². The molecule has 2 aromatic rings. The van der Waals surface area contributed by atoms with Crippen molar-refractivity contribution in [3.63, 3.8) is 0 Å². The normalized spacial score (nSPS) is 13.4. The van der Waals surface area contributed by atoms with Gasteiger partial charge < -0.3 is 10.3 Å². The van der Waals surface area contributed by atoms with Crippen LogP contribution in [0.2, 0.25) is 0 Å². The van der Waals surface area contributed by atoms with Crippen molar-refractivity contribution in [3.8, 4) is 11.4 Å². The van der Waals surface area contributed by atoms with E-state index in [1.807, 2.05) is 13.0 Å². The van der Waals surface area contributed by atoms with Gasteiger partial charge in [0.2, 0.25) is 11.7 Å². The van der Waals surface area contributed by atoms with Crippen molar-refractivity contribution in [3.05, 3.63) is 35.5 Å². The number of aryl methyl sites for hydroxylation is 1. The number of hydrogen-bond donors (Lipinski definition) is 1. The first-order valence-corrected chi connectivity index (χ1v) is 7.10. The fourth-order valence-electron chi connectivity index (χ4n) is 2.39. The summed E-state index contributed by atoms with van der Waals surface area (Å²) in [6, 6.07) is 4.70. The Balaban J connectivity index is 2.28. The lowest BCUT2D eigenvalue weighted by Crippen LogP contribution is -2.19. The molecule has 0 bridgehead atoms. The lowest BCUT2D eigenvalue weighted by atomic mass is 9.84. The summed E-state index contributed by atoms with van der Waals surface area (Å²) in [7, 11) is 0. The zero-order valence-electron chi connectivity index (χ0n) is 13.0. The maximum atomic E-state index is 13.5. The van der Waals surface area contributed by atoms with Gasteiger partial charge in [0.15, 0.2) is 0 Å². The largest absolute Gasteiger partial charge is 0.339 e. The molecule has 1 atom stereocenters. The van der Waals surface area contributed by atoms with E-state index < -0.39 is 0 Å². The van der Waals surface area contributed by atoms with Crippen LogP contribution in [0.5, 0.6) is 0 Å². The summed E-state index contributed by atoms with van der Waals surface area (Å²) < 4.78 is 18.8. The molecule has 0 saturated heterocycles. The van der Waals surface area contributed by atoms with Crippen molar-refractivity contribution in [1.29, 1.82) is 0 Å². The summed E-state index contributed by atoms with van der Waals surface area (Å²) in [5.41, 5.74) is 7.38. The molecule has 0 saturated carbocycles. The fourth-order valence-corrected chi connectivity index (χ4v) is 2.39. The average Bonchev–Trinajstić information content (AvgIpc) is 2.83. The summed E-state index contributed by atoms with van der Waals surface area (Å²) in [6.07, 6.45) is 0.854. The Morgan fingerprint density at radius 2 is 2.00 bits per heavy atom. The van der Waals surface area contributed by atoms with E-state index in [9.17, 15) is 4.39 Å². The summed E-state index contributed by atoms with van der Waals surface area (Å²) in [4.78, 5) is 4.39. The van der Waals surface area contributed by atoms with Crippen molar-refractivity contribution in [2.45, 2.75) is 40.0 Å². The minimum Gasteiger partial charge on any atom is -0.339 e. The van der Waals surface area contributed by atoms with Gasteiger partial charge in [-0.1, -0.05) is 25.9 Å². The molecule has 1 aromatic carbocycles. The zero-order valence-corrected chi connectivity index (χ0v) is 13.0. The molecule has 21 heavy (non-hydrogen) atoms. The first-order chi connectivity index (χ1) is 9.78. The number of nitrogens with two attached hydrogens (primary N) is 1. The summed E-state index contributed by atoms with van der Waals surface area (Å²) in [6.45, 7) is 8.70. The van der Waals surface area contributed by atoms with Gasteiger partial charge in [-0.25, -0.2) is 4.39 Å². The van der Waals surface area contributed by atoms with Gasteiger partial charge in [-0.15, -0.1) is 0 Å². The number of halogens is 1. The van der Waals surface area contributed by atoms with Crippen molar-refractivity contribution in [2.75, 3.05) is 6.54 Å². The van der Waals surface area contributed by atoms with Crippen LogP contribution in [0.1, 0.15) is 44.6 Å². The number of nitrogens with zero attached hydrogens (tertiary/aromatic N) is 2. The molecule has 2 N–H and O–H groups in total. The fraction of sp³-hybridized carbons (Fsp3) is 0.500. The van der Waals surface area contributed by atoms with Crippen LogP contribution in [0.15, 0.2) is 22.7 Å². The average molecular weight is 291 g/mol. The molecule has 0 aliphatic heterocycles. The van der Waals surface area contributed by atoms with E-state index in [0.717, 1.165) is 12.0 Å². The Kier molecular flexibility index (Phi) is 4.42. The molecular weight excluding hydrogens is 269 g/mol. The van der Waals surface area contributed by atoms with Crippen molar-refractivity contribution in [1.82, 2.24) is 10.1 Å². The van der Waals surface area contributed by atoms with Crippen LogP contribution in [-0.4, -0.2) is 16.7 Å². The summed E-state index contributed by atoms with van der Waals surface area (Å²) in [5.74, 6) is 0.631. The highest BCUT2D eigenvalue weighted by atomic mass is 19.1. The van der Waals surface area contributed by atoms with Gasteiger partial charge in [-0.2, -0.15) is 4.98 Å². The van der Waals surface area contributed by atoms with Gasteiger partial charge in [-0.05, 0) is 42.5 Å². The third kappa shape index (κ3) is 4.11. The van der Waals surface area contributed by atoms with Gasteiger partial charge in [0.25, 0.3) is 0 Å². The number of benzene rings is 1. The molecule has 1 heterocycles. The van der Waals surface area contributed by atoms with Crippen LogP contribution in [0.4, 0.5) is 4.39 Å². The van der Waals surface area contributed by atoms with Crippen LogP contribution >= 0.6 is 0 Å². The lowest BCUT2D eigenvalue weighted by Gasteiger charge is -2.22. The van der Waals surface area contributed by atoms with Gasteiger partial charge in [0, 0.05) is 12.1 Å². The van der Waals surface area contributed by atoms with Crippen LogP contribution < -0.4 is 5.73 Å². The third-order valence-corrected chi connectivity index (χ3v) is 3.23. The molecule has 0 amide bonds. The predicted molar refractivity (Wildman–Crippen MR) is 80.3 cm³/mol. The first-order valence-electron chi connectivity index (χ1n) is 7.10. The SMILES string of the molecule is Cc1cc(F)cc(-c2noc(C(CN)CC(C)(C)C)n2)c1. The molecule has 114 valence electrons. The monoisotopic (exact) mass is 291 g/mol. The molecule has 4 nitrogen and oxygen atoms in total. The predicted octanol–water partition coefficient (Wildman–Crippen LogP) is 3.66. The second-order valence-corrected chi connectivity index (χ2v) is 6.67. The van der Waals surface area contributed by atoms with Crippen LogP contribution in [0.3, 0.4) is 0 Å². The van der Waals surface area contributed by atoms with E-state index in [4.69, 9.17) is 10.3 Å².